The van der Waals surface area contributed by atoms with Gasteiger partial charge < -0.3 is 9.84 Å². The molecule has 1 N–H and O–H groups in total. The SMILES string of the molecule is Oc1ccc(Cc2ccccc2Cl)cc1C=Nc1ccc(Oc2ccc(Cl)cc2)cc1. The van der Waals surface area contributed by atoms with Gasteiger partial charge in [-0.3, -0.25) is 4.99 Å². The van der Waals surface area contributed by atoms with Crippen LogP contribution in [-0.4, -0.2) is 11.3 Å². The molecule has 0 fully saturated rings. The van der Waals surface area contributed by atoms with Crippen LogP contribution in [-0.2, 0) is 6.42 Å². The summed E-state index contributed by atoms with van der Waals surface area (Å²) < 4.78 is 5.79. The number of benzene rings is 4. The maximum Gasteiger partial charge on any atom is 0.127 e. The minimum Gasteiger partial charge on any atom is -0.507 e. The van der Waals surface area contributed by atoms with E-state index in [9.17, 15) is 5.11 Å². The topological polar surface area (TPSA) is 41.8 Å². The Bertz CT molecular complexity index is 1200. The molecular weight excluding hydrogens is 429 g/mol. The maximum absolute atomic E-state index is 10.2. The highest BCUT2D eigenvalue weighted by Gasteiger charge is 2.05. The number of aromatic hydroxyl groups is 1. The van der Waals surface area contributed by atoms with Gasteiger partial charge in [-0.25, -0.2) is 0 Å². The van der Waals surface area contributed by atoms with Crippen LogP contribution in [0.3, 0.4) is 0 Å². The molecule has 0 amide bonds. The van der Waals surface area contributed by atoms with Crippen LogP contribution in [0, 0.1) is 0 Å². The predicted molar refractivity (Wildman–Crippen MR) is 128 cm³/mol. The normalized spacial score (nSPS) is 11.0. The number of rotatable bonds is 6. The molecule has 0 atom stereocenters. The number of phenolic OH excluding ortho intramolecular Hbond substituents is 1. The third-order valence-corrected chi connectivity index (χ3v) is 5.30. The maximum atomic E-state index is 10.2. The average molecular weight is 448 g/mol. The average Bonchev–Trinajstić information content (AvgIpc) is 2.78. The Balaban J connectivity index is 1.46. The predicted octanol–water partition coefficient (Wildman–Crippen LogP) is 7.83. The van der Waals surface area contributed by atoms with E-state index in [-0.39, 0.29) is 5.75 Å². The number of hydrogen-bond donors (Lipinski definition) is 1. The van der Waals surface area contributed by atoms with Crippen LogP contribution in [0.1, 0.15) is 16.7 Å². The summed E-state index contributed by atoms with van der Waals surface area (Å²) in [6.07, 6.45) is 2.33. The molecule has 0 aromatic heterocycles. The molecule has 0 unspecified atom stereocenters. The van der Waals surface area contributed by atoms with Gasteiger partial charge in [0.25, 0.3) is 0 Å². The number of ether oxygens (including phenoxy) is 1. The molecule has 0 heterocycles. The zero-order chi connectivity index (χ0) is 21.6. The smallest absolute Gasteiger partial charge is 0.127 e. The van der Waals surface area contributed by atoms with E-state index in [1.165, 1.54) is 0 Å². The van der Waals surface area contributed by atoms with Crippen molar-refractivity contribution in [3.8, 4) is 17.2 Å². The highest BCUT2D eigenvalue weighted by Crippen LogP contribution is 2.26. The summed E-state index contributed by atoms with van der Waals surface area (Å²) in [4.78, 5) is 4.48. The number of aliphatic imine (C=N–C) groups is 1. The van der Waals surface area contributed by atoms with Gasteiger partial charge in [0.05, 0.1) is 5.69 Å². The fraction of sp³-hybridized carbons (Fsp3) is 0.0385. The van der Waals surface area contributed by atoms with E-state index in [1.54, 1.807) is 24.4 Å². The molecule has 4 aromatic carbocycles. The van der Waals surface area contributed by atoms with Crippen molar-refractivity contribution in [3.63, 3.8) is 0 Å². The van der Waals surface area contributed by atoms with E-state index in [1.807, 2.05) is 72.8 Å². The first-order valence-corrected chi connectivity index (χ1v) is 10.5. The lowest BCUT2D eigenvalue weighted by molar-refractivity contribution is 0.474. The summed E-state index contributed by atoms with van der Waals surface area (Å²) in [7, 11) is 0. The van der Waals surface area contributed by atoms with E-state index >= 15 is 0 Å². The van der Waals surface area contributed by atoms with Gasteiger partial charge in [-0.05, 0) is 84.3 Å². The lowest BCUT2D eigenvalue weighted by Gasteiger charge is -2.07. The number of halogens is 2. The number of nitrogens with zero attached hydrogens (tertiary/aromatic N) is 1. The first kappa shape index (κ1) is 21.0. The molecule has 0 aliphatic heterocycles. The van der Waals surface area contributed by atoms with E-state index in [0.29, 0.717) is 28.5 Å². The first-order chi connectivity index (χ1) is 15.1. The fourth-order valence-corrected chi connectivity index (χ4v) is 3.39. The zero-order valence-corrected chi connectivity index (χ0v) is 18.0. The molecule has 5 heteroatoms. The highest BCUT2D eigenvalue weighted by atomic mass is 35.5. The van der Waals surface area contributed by atoms with Crippen LogP contribution in [0.2, 0.25) is 10.0 Å². The van der Waals surface area contributed by atoms with Crippen LogP contribution in [0.15, 0.2) is 96.0 Å². The Morgan fingerprint density at radius 2 is 1.48 bits per heavy atom. The summed E-state index contributed by atoms with van der Waals surface area (Å²) in [5.41, 5.74) is 3.47. The molecule has 0 saturated heterocycles. The lowest BCUT2D eigenvalue weighted by atomic mass is 10.0. The minimum absolute atomic E-state index is 0.175. The van der Waals surface area contributed by atoms with Gasteiger partial charge in [0.2, 0.25) is 0 Å². The van der Waals surface area contributed by atoms with E-state index in [0.717, 1.165) is 21.8 Å². The van der Waals surface area contributed by atoms with Crippen molar-refractivity contribution in [1.82, 2.24) is 0 Å². The Morgan fingerprint density at radius 1 is 0.806 bits per heavy atom. The molecule has 3 nitrogen and oxygen atoms in total. The van der Waals surface area contributed by atoms with Crippen molar-refractivity contribution in [2.24, 2.45) is 4.99 Å². The van der Waals surface area contributed by atoms with Gasteiger partial charge in [0.1, 0.15) is 17.2 Å². The highest BCUT2D eigenvalue weighted by molar-refractivity contribution is 6.31. The quantitative estimate of drug-likeness (QED) is 0.306. The van der Waals surface area contributed by atoms with Crippen molar-refractivity contribution in [2.75, 3.05) is 0 Å². The summed E-state index contributed by atoms with van der Waals surface area (Å²) in [6.45, 7) is 0. The van der Waals surface area contributed by atoms with Gasteiger partial charge in [-0.1, -0.05) is 47.5 Å². The van der Waals surface area contributed by atoms with Crippen molar-refractivity contribution < 1.29 is 9.84 Å². The summed E-state index contributed by atoms with van der Waals surface area (Å²) >= 11 is 12.2. The minimum atomic E-state index is 0.175. The van der Waals surface area contributed by atoms with E-state index in [4.69, 9.17) is 27.9 Å². The van der Waals surface area contributed by atoms with Crippen molar-refractivity contribution >= 4 is 35.1 Å². The first-order valence-electron chi connectivity index (χ1n) is 9.70. The van der Waals surface area contributed by atoms with E-state index < -0.39 is 0 Å². The summed E-state index contributed by atoms with van der Waals surface area (Å²) in [5, 5.41) is 11.6. The molecule has 0 radical (unpaired) electrons. The summed E-state index contributed by atoms with van der Waals surface area (Å²) in [6, 6.07) is 27.8. The molecule has 0 saturated carbocycles. The van der Waals surface area contributed by atoms with Gasteiger partial charge >= 0.3 is 0 Å². The Morgan fingerprint density at radius 3 is 2.19 bits per heavy atom. The van der Waals surface area contributed by atoms with E-state index in [2.05, 4.69) is 4.99 Å². The van der Waals surface area contributed by atoms with Crippen LogP contribution >= 0.6 is 23.2 Å². The van der Waals surface area contributed by atoms with Crippen molar-refractivity contribution in [1.29, 1.82) is 0 Å². The zero-order valence-electron chi connectivity index (χ0n) is 16.5. The van der Waals surface area contributed by atoms with Crippen molar-refractivity contribution in [2.45, 2.75) is 6.42 Å². The Hall–Kier alpha value is -3.27. The van der Waals surface area contributed by atoms with Crippen LogP contribution in [0.5, 0.6) is 17.2 Å². The van der Waals surface area contributed by atoms with Gasteiger partial charge in [-0.15, -0.1) is 0 Å². The monoisotopic (exact) mass is 447 g/mol. The van der Waals surface area contributed by atoms with Gasteiger partial charge in [-0.2, -0.15) is 0 Å². The van der Waals surface area contributed by atoms with Crippen molar-refractivity contribution in [3.05, 3.63) is 118 Å². The third-order valence-electron chi connectivity index (χ3n) is 4.68. The van der Waals surface area contributed by atoms with Crippen LogP contribution < -0.4 is 4.74 Å². The summed E-state index contributed by atoms with van der Waals surface area (Å²) in [5.74, 6) is 1.58. The van der Waals surface area contributed by atoms with Gasteiger partial charge in [0, 0.05) is 21.8 Å². The third kappa shape index (κ3) is 5.66. The standard InChI is InChI=1S/C26H19Cl2NO2/c27-21-6-10-23(11-7-21)31-24-12-8-22(9-13-24)29-17-20-16-18(5-14-26(20)30)15-19-3-1-2-4-25(19)28/h1-14,16-17,30H,15H2. The molecule has 0 spiro atoms. The molecule has 0 aliphatic carbocycles. The molecule has 31 heavy (non-hydrogen) atoms. The molecular formula is C26H19Cl2NO2. The molecule has 4 rings (SSSR count). The molecule has 0 bridgehead atoms. The largest absolute Gasteiger partial charge is 0.507 e. The Kier molecular flexibility index (Phi) is 6.56. The molecule has 154 valence electrons. The molecule has 0 aliphatic rings. The van der Waals surface area contributed by atoms with Crippen LogP contribution in [0.25, 0.3) is 0 Å². The van der Waals surface area contributed by atoms with Crippen LogP contribution in [0.4, 0.5) is 5.69 Å². The van der Waals surface area contributed by atoms with Gasteiger partial charge in [0.15, 0.2) is 0 Å². The second-order valence-electron chi connectivity index (χ2n) is 6.97. The fourth-order valence-electron chi connectivity index (χ4n) is 3.06. The number of hydrogen-bond acceptors (Lipinski definition) is 3. The lowest BCUT2D eigenvalue weighted by Crippen LogP contribution is -1.92. The second kappa shape index (κ2) is 9.69. The molecule has 4 aromatic rings. The number of phenols is 1. The second-order valence-corrected chi connectivity index (χ2v) is 7.81. The Labute approximate surface area is 191 Å².